The number of benzene rings is 1. The molecule has 1 saturated heterocycles. The number of carbonyl (C=O) groups is 1. The molecule has 4 nitrogen and oxygen atoms in total. The molecule has 0 saturated carbocycles. The van der Waals surface area contributed by atoms with E-state index in [-0.39, 0.29) is 5.91 Å². The molecule has 1 heterocycles. The maximum Gasteiger partial charge on any atom is 0.256 e. The molecule has 0 aromatic heterocycles. The number of methoxy groups -OCH3 is 1. The van der Waals surface area contributed by atoms with Crippen LogP contribution in [0.3, 0.4) is 0 Å². The Balaban J connectivity index is 2.23. The Labute approximate surface area is 101 Å². The molecule has 2 rings (SSSR count). The van der Waals surface area contributed by atoms with E-state index in [0.717, 1.165) is 25.9 Å². The van der Waals surface area contributed by atoms with E-state index in [9.17, 15) is 4.79 Å². The van der Waals surface area contributed by atoms with Crippen molar-refractivity contribution in [2.75, 3.05) is 25.9 Å². The van der Waals surface area contributed by atoms with Crippen LogP contribution in [0.1, 0.15) is 29.6 Å². The van der Waals surface area contributed by atoms with Gasteiger partial charge in [-0.1, -0.05) is 6.07 Å². The summed E-state index contributed by atoms with van der Waals surface area (Å²) < 4.78 is 5.13. The van der Waals surface area contributed by atoms with Crippen molar-refractivity contribution in [2.24, 2.45) is 0 Å². The van der Waals surface area contributed by atoms with Crippen LogP contribution in [-0.4, -0.2) is 31.0 Å². The molecule has 17 heavy (non-hydrogen) atoms. The second-order valence-corrected chi connectivity index (χ2v) is 4.27. The summed E-state index contributed by atoms with van der Waals surface area (Å²) in [6.45, 7) is 1.66. The van der Waals surface area contributed by atoms with Crippen molar-refractivity contribution in [3.8, 4) is 5.75 Å². The van der Waals surface area contributed by atoms with Gasteiger partial charge in [-0.25, -0.2) is 0 Å². The Hall–Kier alpha value is -1.71. The van der Waals surface area contributed by atoms with E-state index in [1.807, 2.05) is 4.90 Å². The smallest absolute Gasteiger partial charge is 0.256 e. The lowest BCUT2D eigenvalue weighted by atomic mass is 10.1. The molecule has 0 radical (unpaired) electrons. The molecule has 1 aliphatic heterocycles. The third-order valence-corrected chi connectivity index (χ3v) is 3.16. The summed E-state index contributed by atoms with van der Waals surface area (Å²) in [4.78, 5) is 14.1. The van der Waals surface area contributed by atoms with Gasteiger partial charge in [0.15, 0.2) is 0 Å². The van der Waals surface area contributed by atoms with E-state index in [4.69, 9.17) is 10.5 Å². The maximum absolute atomic E-state index is 12.3. The van der Waals surface area contributed by atoms with Crippen molar-refractivity contribution in [3.05, 3.63) is 23.8 Å². The predicted molar refractivity (Wildman–Crippen MR) is 67.2 cm³/mol. The largest absolute Gasteiger partial charge is 0.495 e. The fraction of sp³-hybridized carbons (Fsp3) is 0.462. The van der Waals surface area contributed by atoms with Crippen molar-refractivity contribution in [1.82, 2.24) is 4.90 Å². The minimum absolute atomic E-state index is 0.0149. The van der Waals surface area contributed by atoms with Gasteiger partial charge in [-0.15, -0.1) is 0 Å². The van der Waals surface area contributed by atoms with Crippen LogP contribution in [0.5, 0.6) is 5.75 Å². The number of anilines is 1. The number of carbonyl (C=O) groups excluding carboxylic acids is 1. The van der Waals surface area contributed by atoms with Gasteiger partial charge in [0.05, 0.1) is 18.4 Å². The van der Waals surface area contributed by atoms with Crippen LogP contribution in [0.25, 0.3) is 0 Å². The minimum atomic E-state index is 0.0149. The van der Waals surface area contributed by atoms with Crippen LogP contribution in [-0.2, 0) is 0 Å². The molecule has 92 valence electrons. The van der Waals surface area contributed by atoms with Gasteiger partial charge in [0, 0.05) is 13.1 Å². The molecule has 0 unspecified atom stereocenters. The van der Waals surface area contributed by atoms with E-state index < -0.39 is 0 Å². The highest BCUT2D eigenvalue weighted by molar-refractivity contribution is 6.00. The van der Waals surface area contributed by atoms with Crippen LogP contribution in [0.15, 0.2) is 18.2 Å². The maximum atomic E-state index is 12.3. The highest BCUT2D eigenvalue weighted by Crippen LogP contribution is 2.26. The lowest BCUT2D eigenvalue weighted by Crippen LogP contribution is -2.36. The molecule has 0 atom stereocenters. The van der Waals surface area contributed by atoms with Gasteiger partial charge in [-0.05, 0) is 31.4 Å². The van der Waals surface area contributed by atoms with Gasteiger partial charge in [0.1, 0.15) is 5.75 Å². The zero-order chi connectivity index (χ0) is 12.3. The predicted octanol–water partition coefficient (Wildman–Crippen LogP) is 1.90. The van der Waals surface area contributed by atoms with Crippen molar-refractivity contribution >= 4 is 11.6 Å². The Morgan fingerprint density at radius 2 is 2.00 bits per heavy atom. The highest BCUT2D eigenvalue weighted by atomic mass is 16.5. The van der Waals surface area contributed by atoms with Gasteiger partial charge >= 0.3 is 0 Å². The highest BCUT2D eigenvalue weighted by Gasteiger charge is 2.21. The molecule has 0 spiro atoms. The number of nitrogens with two attached hydrogens (primary N) is 1. The normalized spacial score (nSPS) is 15.7. The zero-order valence-corrected chi connectivity index (χ0v) is 10.1. The van der Waals surface area contributed by atoms with Gasteiger partial charge in [-0.3, -0.25) is 4.79 Å². The first-order chi connectivity index (χ1) is 8.24. The van der Waals surface area contributed by atoms with E-state index in [0.29, 0.717) is 17.0 Å². The van der Waals surface area contributed by atoms with Crippen LogP contribution in [0, 0.1) is 0 Å². The molecule has 1 amide bonds. The van der Waals surface area contributed by atoms with Crippen molar-refractivity contribution in [1.29, 1.82) is 0 Å². The van der Waals surface area contributed by atoms with E-state index in [1.165, 1.54) is 6.42 Å². The second-order valence-electron chi connectivity index (χ2n) is 4.27. The SMILES string of the molecule is COc1cccc(C(=O)N2CCCCC2)c1N. The summed E-state index contributed by atoms with van der Waals surface area (Å²) in [6.07, 6.45) is 3.36. The van der Waals surface area contributed by atoms with Crippen LogP contribution < -0.4 is 10.5 Å². The summed E-state index contributed by atoms with van der Waals surface area (Å²) in [5.41, 5.74) is 6.91. The first kappa shape index (κ1) is 11.8. The molecule has 1 aromatic rings. The first-order valence-corrected chi connectivity index (χ1v) is 5.96. The van der Waals surface area contributed by atoms with Crippen LogP contribution >= 0.6 is 0 Å². The Bertz CT molecular complexity index is 412. The molecule has 0 bridgehead atoms. The number of nitrogens with zero attached hydrogens (tertiary/aromatic N) is 1. The number of hydrogen-bond donors (Lipinski definition) is 1. The summed E-state index contributed by atoms with van der Waals surface area (Å²) in [6, 6.07) is 5.32. The second kappa shape index (κ2) is 5.08. The number of piperidine rings is 1. The number of hydrogen-bond acceptors (Lipinski definition) is 3. The average Bonchev–Trinajstić information content (AvgIpc) is 2.39. The molecule has 4 heteroatoms. The zero-order valence-electron chi connectivity index (χ0n) is 10.1. The summed E-state index contributed by atoms with van der Waals surface area (Å²) >= 11 is 0. The molecular weight excluding hydrogens is 216 g/mol. The minimum Gasteiger partial charge on any atom is -0.495 e. The molecule has 0 aliphatic carbocycles. The van der Waals surface area contributed by atoms with Gasteiger partial charge in [0.2, 0.25) is 0 Å². The average molecular weight is 234 g/mol. The van der Waals surface area contributed by atoms with Crippen LogP contribution in [0.2, 0.25) is 0 Å². The van der Waals surface area contributed by atoms with Gasteiger partial charge in [-0.2, -0.15) is 0 Å². The summed E-state index contributed by atoms with van der Waals surface area (Å²) in [5, 5.41) is 0. The fourth-order valence-corrected chi connectivity index (χ4v) is 2.18. The molecule has 1 fully saturated rings. The van der Waals surface area contributed by atoms with Crippen molar-refractivity contribution in [2.45, 2.75) is 19.3 Å². The van der Waals surface area contributed by atoms with Gasteiger partial charge in [0.25, 0.3) is 5.91 Å². The molecule has 1 aliphatic rings. The Morgan fingerprint density at radius 3 is 2.65 bits per heavy atom. The molecule has 2 N–H and O–H groups in total. The molecular formula is C13H18N2O2. The Morgan fingerprint density at radius 1 is 1.29 bits per heavy atom. The van der Waals surface area contributed by atoms with Crippen molar-refractivity contribution in [3.63, 3.8) is 0 Å². The first-order valence-electron chi connectivity index (χ1n) is 5.96. The number of ether oxygens (including phenoxy) is 1. The van der Waals surface area contributed by atoms with Crippen LogP contribution in [0.4, 0.5) is 5.69 Å². The third kappa shape index (κ3) is 2.35. The quantitative estimate of drug-likeness (QED) is 0.795. The number of likely N-dealkylation sites (tertiary alicyclic amines) is 1. The Kier molecular flexibility index (Phi) is 3.52. The molecule has 1 aromatic carbocycles. The third-order valence-electron chi connectivity index (χ3n) is 3.16. The topological polar surface area (TPSA) is 55.6 Å². The lowest BCUT2D eigenvalue weighted by molar-refractivity contribution is 0.0725. The number of amides is 1. The van der Waals surface area contributed by atoms with E-state index >= 15 is 0 Å². The number of para-hydroxylation sites is 1. The standard InChI is InChI=1S/C13H18N2O2/c1-17-11-7-5-6-10(12(11)14)13(16)15-8-3-2-4-9-15/h5-7H,2-4,8-9,14H2,1H3. The summed E-state index contributed by atoms with van der Waals surface area (Å²) in [5.74, 6) is 0.578. The van der Waals surface area contributed by atoms with Gasteiger partial charge < -0.3 is 15.4 Å². The fourth-order valence-electron chi connectivity index (χ4n) is 2.18. The number of nitrogen functional groups attached to an aromatic ring is 1. The van der Waals surface area contributed by atoms with E-state index in [2.05, 4.69) is 0 Å². The van der Waals surface area contributed by atoms with E-state index in [1.54, 1.807) is 25.3 Å². The number of rotatable bonds is 2. The summed E-state index contributed by atoms with van der Waals surface area (Å²) in [7, 11) is 1.56. The monoisotopic (exact) mass is 234 g/mol. The van der Waals surface area contributed by atoms with Crippen molar-refractivity contribution < 1.29 is 9.53 Å². The lowest BCUT2D eigenvalue weighted by Gasteiger charge is -2.27.